The molecule has 7 nitrogen and oxygen atoms in total. The molecule has 32 heavy (non-hydrogen) atoms. The Morgan fingerprint density at radius 1 is 1.06 bits per heavy atom. The number of ether oxygens (including phenoxy) is 1. The number of aromatic nitrogens is 3. The molecule has 7 heteroatoms. The third kappa shape index (κ3) is 4.27. The Balaban J connectivity index is 1.75. The minimum absolute atomic E-state index is 0.0178. The van der Waals surface area contributed by atoms with E-state index in [1.165, 1.54) is 0 Å². The molecule has 0 aliphatic heterocycles. The summed E-state index contributed by atoms with van der Waals surface area (Å²) in [5.41, 5.74) is 3.23. The van der Waals surface area contributed by atoms with E-state index in [2.05, 4.69) is 17.2 Å². The molecule has 0 bridgehead atoms. The van der Waals surface area contributed by atoms with Crippen LogP contribution in [0.1, 0.15) is 19.8 Å². The van der Waals surface area contributed by atoms with Gasteiger partial charge in [0.2, 0.25) is 5.91 Å². The van der Waals surface area contributed by atoms with Crippen LogP contribution >= 0.6 is 0 Å². The molecule has 0 saturated heterocycles. The molecule has 0 spiro atoms. The van der Waals surface area contributed by atoms with E-state index in [9.17, 15) is 9.59 Å². The summed E-state index contributed by atoms with van der Waals surface area (Å²) in [6, 6.07) is 17.0. The van der Waals surface area contributed by atoms with Crippen molar-refractivity contribution >= 4 is 22.6 Å². The number of rotatable bonds is 8. The molecule has 4 aromatic rings. The van der Waals surface area contributed by atoms with Crippen LogP contribution in [0.3, 0.4) is 0 Å². The maximum absolute atomic E-state index is 13.3. The van der Waals surface area contributed by atoms with Crippen molar-refractivity contribution in [2.45, 2.75) is 32.9 Å². The minimum atomic E-state index is -0.255. The number of nitrogens with zero attached hydrogens (tertiary/aromatic N) is 3. The Bertz CT molecular complexity index is 1290. The van der Waals surface area contributed by atoms with Crippen LogP contribution in [0.25, 0.3) is 22.2 Å². The number of hydrogen-bond acceptors (Lipinski definition) is 4. The molecule has 0 unspecified atom stereocenters. The summed E-state index contributed by atoms with van der Waals surface area (Å²) < 4.78 is 8.63. The fourth-order valence-electron chi connectivity index (χ4n) is 3.75. The second kappa shape index (κ2) is 9.51. The first kappa shape index (κ1) is 21.4. The van der Waals surface area contributed by atoms with E-state index < -0.39 is 0 Å². The van der Waals surface area contributed by atoms with E-state index in [1.807, 2.05) is 48.7 Å². The minimum Gasteiger partial charge on any atom is -0.495 e. The van der Waals surface area contributed by atoms with E-state index in [4.69, 9.17) is 4.74 Å². The van der Waals surface area contributed by atoms with E-state index in [1.54, 1.807) is 34.7 Å². The van der Waals surface area contributed by atoms with E-state index in [0.717, 1.165) is 24.0 Å². The van der Waals surface area contributed by atoms with Crippen molar-refractivity contribution in [1.29, 1.82) is 0 Å². The van der Waals surface area contributed by atoms with E-state index in [-0.39, 0.29) is 18.0 Å². The molecule has 164 valence electrons. The summed E-state index contributed by atoms with van der Waals surface area (Å²) in [5.74, 6) is 0.321. The molecule has 0 atom stereocenters. The van der Waals surface area contributed by atoms with E-state index in [0.29, 0.717) is 29.0 Å². The number of aryl methyl sites for hydroxylation is 1. The average Bonchev–Trinajstić information content (AvgIpc) is 3.18. The third-order valence-electron chi connectivity index (χ3n) is 5.37. The van der Waals surface area contributed by atoms with Crippen LogP contribution in [0.2, 0.25) is 0 Å². The normalized spacial score (nSPS) is 10.9. The summed E-state index contributed by atoms with van der Waals surface area (Å²) in [5, 5.41) is 2.88. The summed E-state index contributed by atoms with van der Waals surface area (Å²) in [4.78, 5) is 30.8. The SMILES string of the molecule is CCCCn1cnc2c(-c3ccccc3)cn(CC(=O)Nc3ccccc3OC)c2c1=O. The smallest absolute Gasteiger partial charge is 0.277 e. The fraction of sp³-hybridized carbons (Fsp3) is 0.240. The number of fused-ring (bicyclic) bond motifs is 1. The van der Waals surface area contributed by atoms with Crippen LogP contribution in [0.15, 0.2) is 71.9 Å². The molecule has 2 aromatic heterocycles. The summed E-state index contributed by atoms with van der Waals surface area (Å²) in [6.45, 7) is 2.66. The molecule has 0 aliphatic rings. The Morgan fingerprint density at radius 2 is 1.81 bits per heavy atom. The van der Waals surface area contributed by atoms with Gasteiger partial charge in [-0.3, -0.25) is 14.2 Å². The third-order valence-corrected chi connectivity index (χ3v) is 5.37. The highest BCUT2D eigenvalue weighted by Crippen LogP contribution is 2.28. The lowest BCUT2D eigenvalue weighted by atomic mass is 10.1. The van der Waals surface area contributed by atoms with Crippen LogP contribution in [0.4, 0.5) is 5.69 Å². The van der Waals surface area contributed by atoms with Crippen LogP contribution in [0.5, 0.6) is 5.75 Å². The van der Waals surface area contributed by atoms with Crippen molar-refractivity contribution in [3.8, 4) is 16.9 Å². The van der Waals surface area contributed by atoms with Crippen LogP contribution < -0.4 is 15.6 Å². The molecular weight excluding hydrogens is 404 g/mol. The van der Waals surface area contributed by atoms with E-state index >= 15 is 0 Å². The number of anilines is 1. The molecule has 0 radical (unpaired) electrons. The molecule has 0 saturated carbocycles. The monoisotopic (exact) mass is 430 g/mol. The molecule has 1 N–H and O–H groups in total. The number of nitrogens with one attached hydrogen (secondary N) is 1. The second-order valence-corrected chi connectivity index (χ2v) is 7.58. The summed E-state index contributed by atoms with van der Waals surface area (Å²) >= 11 is 0. The van der Waals surface area contributed by atoms with Crippen LogP contribution in [-0.2, 0) is 17.9 Å². The van der Waals surface area contributed by atoms with Gasteiger partial charge in [-0.1, -0.05) is 55.8 Å². The van der Waals surface area contributed by atoms with Crippen molar-refractivity contribution in [2.24, 2.45) is 0 Å². The largest absolute Gasteiger partial charge is 0.495 e. The lowest BCUT2D eigenvalue weighted by Crippen LogP contribution is -2.25. The topological polar surface area (TPSA) is 78.2 Å². The molecule has 1 amide bonds. The van der Waals surface area contributed by atoms with Gasteiger partial charge in [-0.15, -0.1) is 0 Å². The Morgan fingerprint density at radius 3 is 2.56 bits per heavy atom. The summed E-state index contributed by atoms with van der Waals surface area (Å²) in [6.07, 6.45) is 5.29. The van der Waals surface area contributed by atoms with Gasteiger partial charge in [0.1, 0.15) is 23.3 Å². The number of hydrogen-bond donors (Lipinski definition) is 1. The van der Waals surface area contributed by atoms with Gasteiger partial charge in [0.15, 0.2) is 0 Å². The van der Waals surface area contributed by atoms with Gasteiger partial charge < -0.3 is 14.6 Å². The van der Waals surface area contributed by atoms with Gasteiger partial charge in [-0.05, 0) is 24.1 Å². The number of carbonyl (C=O) groups is 1. The molecular formula is C25H26N4O3. The predicted molar refractivity (Wildman–Crippen MR) is 126 cm³/mol. The lowest BCUT2D eigenvalue weighted by molar-refractivity contribution is -0.116. The van der Waals surface area contributed by atoms with Gasteiger partial charge in [-0.25, -0.2) is 4.98 Å². The Kier molecular flexibility index (Phi) is 6.35. The van der Waals surface area contributed by atoms with Crippen molar-refractivity contribution in [1.82, 2.24) is 14.1 Å². The first-order chi connectivity index (χ1) is 15.6. The zero-order valence-electron chi connectivity index (χ0n) is 18.2. The highest BCUT2D eigenvalue weighted by Gasteiger charge is 2.18. The number of para-hydroxylation sites is 2. The molecule has 2 heterocycles. The van der Waals surface area contributed by atoms with Gasteiger partial charge >= 0.3 is 0 Å². The van der Waals surface area contributed by atoms with Crippen molar-refractivity contribution in [3.05, 3.63) is 77.5 Å². The van der Waals surface area contributed by atoms with Gasteiger partial charge in [0.05, 0.1) is 19.1 Å². The highest BCUT2D eigenvalue weighted by molar-refractivity contribution is 5.96. The lowest BCUT2D eigenvalue weighted by Gasteiger charge is -2.11. The first-order valence-electron chi connectivity index (χ1n) is 10.7. The molecule has 2 aromatic carbocycles. The Hall–Kier alpha value is -3.87. The number of benzene rings is 2. The highest BCUT2D eigenvalue weighted by atomic mass is 16.5. The number of carbonyl (C=O) groups excluding carboxylic acids is 1. The first-order valence-corrected chi connectivity index (χ1v) is 10.7. The van der Waals surface area contributed by atoms with Gasteiger partial charge in [-0.2, -0.15) is 0 Å². The van der Waals surface area contributed by atoms with Crippen molar-refractivity contribution < 1.29 is 9.53 Å². The summed E-state index contributed by atoms with van der Waals surface area (Å²) in [7, 11) is 1.56. The maximum Gasteiger partial charge on any atom is 0.277 e. The molecule has 4 rings (SSSR count). The van der Waals surface area contributed by atoms with Gasteiger partial charge in [0.25, 0.3) is 5.56 Å². The molecule has 0 fully saturated rings. The average molecular weight is 431 g/mol. The van der Waals surface area contributed by atoms with Crippen molar-refractivity contribution in [2.75, 3.05) is 12.4 Å². The standard InChI is InChI=1S/C25H26N4O3/c1-3-4-14-28-17-26-23-19(18-10-6-5-7-11-18)15-29(24(23)25(28)31)16-22(30)27-20-12-8-9-13-21(20)32-2/h5-13,15,17H,3-4,14,16H2,1-2H3,(H,27,30). The van der Waals surface area contributed by atoms with Crippen LogP contribution in [-0.4, -0.2) is 27.1 Å². The maximum atomic E-state index is 13.3. The number of methoxy groups -OCH3 is 1. The zero-order valence-corrected chi connectivity index (χ0v) is 18.2. The number of amides is 1. The quantitative estimate of drug-likeness (QED) is 0.452. The fourth-order valence-corrected chi connectivity index (χ4v) is 3.75. The van der Waals surface area contributed by atoms with Crippen molar-refractivity contribution in [3.63, 3.8) is 0 Å². The van der Waals surface area contributed by atoms with Crippen LogP contribution in [0, 0.1) is 0 Å². The number of unbranched alkanes of at least 4 members (excludes halogenated alkanes) is 1. The second-order valence-electron chi connectivity index (χ2n) is 7.58. The molecule has 0 aliphatic carbocycles. The van der Waals surface area contributed by atoms with Gasteiger partial charge in [0, 0.05) is 18.3 Å². The predicted octanol–water partition coefficient (Wildman–Crippen LogP) is 4.31. The Labute approximate surface area is 186 Å². The zero-order chi connectivity index (χ0) is 22.5.